The molecule has 88 valence electrons. The minimum atomic E-state index is -0.250. The Morgan fingerprint density at radius 2 is 2.13 bits per heavy atom. The van der Waals surface area contributed by atoms with Gasteiger partial charge in [-0.3, -0.25) is 0 Å². The fourth-order valence-electron chi connectivity index (χ4n) is 1.42. The van der Waals surface area contributed by atoms with Crippen molar-refractivity contribution < 1.29 is 9.53 Å². The molecule has 0 heterocycles. The van der Waals surface area contributed by atoms with E-state index in [1.165, 1.54) is 20.0 Å². The molecule has 0 saturated carbocycles. The second-order valence-electron chi connectivity index (χ2n) is 3.68. The number of hydrogen-bond donors (Lipinski definition) is 1. The van der Waals surface area contributed by atoms with Crippen LogP contribution >= 0.6 is 0 Å². The van der Waals surface area contributed by atoms with Crippen LogP contribution in [-0.4, -0.2) is 25.7 Å². The fraction of sp³-hybridized carbons (Fsp3) is 0.750. The maximum atomic E-state index is 11.1. The van der Waals surface area contributed by atoms with Gasteiger partial charge in [0.15, 0.2) is 0 Å². The summed E-state index contributed by atoms with van der Waals surface area (Å²) in [5.74, 6) is -0.250. The molecule has 0 fully saturated rings. The Morgan fingerprint density at radius 3 is 2.60 bits per heavy atom. The largest absolute Gasteiger partial charge is 0.466 e. The average molecular weight is 213 g/mol. The molecule has 0 bridgehead atoms. The maximum absolute atomic E-state index is 11.1. The molecule has 0 aromatic rings. The second-order valence-corrected chi connectivity index (χ2v) is 3.68. The topological polar surface area (TPSA) is 38.3 Å². The van der Waals surface area contributed by atoms with E-state index in [1.54, 1.807) is 6.92 Å². The summed E-state index contributed by atoms with van der Waals surface area (Å²) in [7, 11) is 1.40. The van der Waals surface area contributed by atoms with Crippen LogP contribution in [0.25, 0.3) is 0 Å². The zero-order chi connectivity index (χ0) is 11.7. The van der Waals surface area contributed by atoms with Gasteiger partial charge in [0.1, 0.15) is 0 Å². The number of rotatable bonds is 7. The first-order chi connectivity index (χ1) is 7.15. The second kappa shape index (κ2) is 8.48. The predicted octanol–water partition coefficient (Wildman–Crippen LogP) is 2.27. The predicted molar refractivity (Wildman–Crippen MR) is 62.8 cm³/mol. The Balaban J connectivity index is 3.88. The Bertz CT molecular complexity index is 212. The smallest absolute Gasteiger partial charge is 0.333 e. The molecule has 0 radical (unpaired) electrons. The van der Waals surface area contributed by atoms with Crippen LogP contribution in [0.5, 0.6) is 0 Å². The Labute approximate surface area is 92.9 Å². The van der Waals surface area contributed by atoms with Crippen molar-refractivity contribution in [1.29, 1.82) is 0 Å². The van der Waals surface area contributed by atoms with E-state index in [0.29, 0.717) is 11.6 Å². The van der Waals surface area contributed by atoms with Crippen molar-refractivity contribution in [2.24, 2.45) is 0 Å². The Hall–Kier alpha value is -0.830. The molecule has 0 spiro atoms. The first-order valence-electron chi connectivity index (χ1n) is 5.64. The third kappa shape index (κ3) is 6.28. The number of ether oxygens (including phenoxy) is 1. The summed E-state index contributed by atoms with van der Waals surface area (Å²) in [6, 6.07) is 0.552. The first kappa shape index (κ1) is 14.2. The highest BCUT2D eigenvalue weighted by atomic mass is 16.5. The van der Waals surface area contributed by atoms with Gasteiger partial charge in [0.05, 0.1) is 7.11 Å². The van der Waals surface area contributed by atoms with Crippen LogP contribution in [0.1, 0.15) is 40.0 Å². The summed E-state index contributed by atoms with van der Waals surface area (Å²) < 4.78 is 4.61. The van der Waals surface area contributed by atoms with Crippen LogP contribution in [0.3, 0.4) is 0 Å². The minimum absolute atomic E-state index is 0.250. The fourth-order valence-corrected chi connectivity index (χ4v) is 1.42. The molecule has 0 aromatic carbocycles. The minimum Gasteiger partial charge on any atom is -0.466 e. The first-order valence-corrected chi connectivity index (χ1v) is 5.64. The van der Waals surface area contributed by atoms with E-state index in [-0.39, 0.29) is 5.97 Å². The van der Waals surface area contributed by atoms with E-state index in [0.717, 1.165) is 13.0 Å². The van der Waals surface area contributed by atoms with Crippen LogP contribution in [0.2, 0.25) is 0 Å². The molecule has 1 atom stereocenters. The Kier molecular flexibility index (Phi) is 8.01. The quantitative estimate of drug-likeness (QED) is 0.521. The van der Waals surface area contributed by atoms with Crippen molar-refractivity contribution in [2.45, 2.75) is 46.1 Å². The number of nitrogens with one attached hydrogen (secondary N) is 1. The van der Waals surface area contributed by atoms with Crippen LogP contribution in [0.15, 0.2) is 11.6 Å². The number of hydrogen-bond acceptors (Lipinski definition) is 3. The van der Waals surface area contributed by atoms with Crippen molar-refractivity contribution in [1.82, 2.24) is 5.32 Å². The van der Waals surface area contributed by atoms with Crippen LogP contribution in [0, 0.1) is 0 Å². The summed E-state index contributed by atoms with van der Waals surface area (Å²) in [6.45, 7) is 6.86. The number of carbonyl (C=O) groups excluding carboxylic acids is 1. The van der Waals surface area contributed by atoms with Crippen LogP contribution in [0.4, 0.5) is 0 Å². The van der Waals surface area contributed by atoms with Gasteiger partial charge in [-0.2, -0.15) is 0 Å². The molecule has 15 heavy (non-hydrogen) atoms. The third-order valence-electron chi connectivity index (χ3n) is 2.45. The molecule has 1 unspecified atom stereocenters. The number of esters is 1. The molecule has 0 aromatic heterocycles. The molecule has 0 saturated heterocycles. The molecule has 0 rings (SSSR count). The van der Waals surface area contributed by atoms with Gasteiger partial charge in [0.2, 0.25) is 0 Å². The van der Waals surface area contributed by atoms with Gasteiger partial charge < -0.3 is 10.1 Å². The normalized spacial score (nSPS) is 13.7. The molecule has 3 nitrogen and oxygen atoms in total. The third-order valence-corrected chi connectivity index (χ3v) is 2.45. The van der Waals surface area contributed by atoms with Crippen molar-refractivity contribution in [3.63, 3.8) is 0 Å². The van der Waals surface area contributed by atoms with Crippen molar-refractivity contribution in [2.75, 3.05) is 13.7 Å². The molecular formula is C12H23NO2. The highest BCUT2D eigenvalue weighted by Crippen LogP contribution is 2.01. The highest BCUT2D eigenvalue weighted by molar-refractivity contribution is 5.87. The van der Waals surface area contributed by atoms with E-state index < -0.39 is 0 Å². The summed E-state index contributed by atoms with van der Waals surface area (Å²) in [4.78, 5) is 11.1. The monoisotopic (exact) mass is 213 g/mol. The van der Waals surface area contributed by atoms with Crippen LogP contribution < -0.4 is 5.32 Å². The maximum Gasteiger partial charge on any atom is 0.333 e. The van der Waals surface area contributed by atoms with Gasteiger partial charge >= 0.3 is 5.97 Å². The lowest BCUT2D eigenvalue weighted by atomic mass is 10.1. The molecule has 0 aliphatic carbocycles. The lowest BCUT2D eigenvalue weighted by Crippen LogP contribution is -2.28. The van der Waals surface area contributed by atoms with Gasteiger partial charge in [0.25, 0.3) is 0 Å². The molecule has 3 heteroatoms. The Morgan fingerprint density at radius 1 is 1.47 bits per heavy atom. The average Bonchev–Trinajstić information content (AvgIpc) is 2.26. The molecule has 1 N–H and O–H groups in total. The SMILES string of the molecule is CCCC(CC)NC/C=C(/C)C(=O)OC. The van der Waals surface area contributed by atoms with Gasteiger partial charge in [-0.05, 0) is 19.8 Å². The van der Waals surface area contributed by atoms with E-state index in [9.17, 15) is 4.79 Å². The number of methoxy groups -OCH3 is 1. The van der Waals surface area contributed by atoms with Gasteiger partial charge in [0, 0.05) is 18.2 Å². The van der Waals surface area contributed by atoms with Crippen LogP contribution in [-0.2, 0) is 9.53 Å². The van der Waals surface area contributed by atoms with Gasteiger partial charge in [-0.15, -0.1) is 0 Å². The summed E-state index contributed by atoms with van der Waals surface area (Å²) in [5.41, 5.74) is 0.663. The standard InChI is InChI=1S/C12H23NO2/c1-5-7-11(6-2)13-9-8-10(3)12(14)15-4/h8,11,13H,5-7,9H2,1-4H3/b10-8-. The van der Waals surface area contributed by atoms with Crippen molar-refractivity contribution >= 4 is 5.97 Å². The molecule has 0 aliphatic heterocycles. The van der Waals surface area contributed by atoms with Gasteiger partial charge in [-0.1, -0.05) is 26.3 Å². The molecule has 0 aliphatic rings. The zero-order valence-electron chi connectivity index (χ0n) is 10.3. The summed E-state index contributed by atoms with van der Waals surface area (Å²) in [6.07, 6.45) is 5.37. The van der Waals surface area contributed by atoms with E-state index in [1.807, 2.05) is 6.08 Å². The van der Waals surface area contributed by atoms with E-state index in [2.05, 4.69) is 23.9 Å². The van der Waals surface area contributed by atoms with Crippen molar-refractivity contribution in [3.8, 4) is 0 Å². The lowest BCUT2D eigenvalue weighted by molar-refractivity contribution is -0.136. The van der Waals surface area contributed by atoms with Crippen molar-refractivity contribution in [3.05, 3.63) is 11.6 Å². The highest BCUT2D eigenvalue weighted by Gasteiger charge is 2.04. The summed E-state index contributed by atoms with van der Waals surface area (Å²) >= 11 is 0. The number of carbonyl (C=O) groups is 1. The zero-order valence-corrected chi connectivity index (χ0v) is 10.3. The lowest BCUT2D eigenvalue weighted by Gasteiger charge is -2.14. The van der Waals surface area contributed by atoms with E-state index >= 15 is 0 Å². The van der Waals surface area contributed by atoms with Gasteiger partial charge in [-0.25, -0.2) is 4.79 Å². The summed E-state index contributed by atoms with van der Waals surface area (Å²) in [5, 5.41) is 3.40. The molecular weight excluding hydrogens is 190 g/mol. The molecule has 0 amide bonds. The van der Waals surface area contributed by atoms with E-state index in [4.69, 9.17) is 0 Å².